The van der Waals surface area contributed by atoms with Crippen LogP contribution in [0.1, 0.15) is 40.5 Å². The quantitative estimate of drug-likeness (QED) is 0.775. The maximum absolute atomic E-state index is 14.2. The normalized spacial score (nSPS) is 34.6. The summed E-state index contributed by atoms with van der Waals surface area (Å²) in [6.45, 7) is 14.2. The molecule has 0 N–H and O–H groups in total. The molecule has 2 fully saturated rings. The van der Waals surface area contributed by atoms with E-state index in [1.807, 2.05) is 0 Å². The van der Waals surface area contributed by atoms with E-state index >= 15 is 0 Å². The Kier molecular flexibility index (Phi) is 5.24. The summed E-state index contributed by atoms with van der Waals surface area (Å²) in [5.41, 5.74) is 0. The Balaban J connectivity index is 1.76. The molecule has 0 aromatic carbocycles. The molecule has 2 nitrogen and oxygen atoms in total. The van der Waals surface area contributed by atoms with Gasteiger partial charge in [0.05, 0.1) is 0 Å². The van der Waals surface area contributed by atoms with Gasteiger partial charge in [-0.25, -0.2) is 4.39 Å². The third kappa shape index (κ3) is 3.91. The van der Waals surface area contributed by atoms with E-state index in [9.17, 15) is 4.39 Å². The fraction of sp³-hybridized carbons (Fsp3) is 1.00. The molecule has 3 heteroatoms. The average Bonchev–Trinajstić information content (AvgIpc) is 2.77. The van der Waals surface area contributed by atoms with Crippen LogP contribution in [0, 0.1) is 17.8 Å². The van der Waals surface area contributed by atoms with Crippen LogP contribution in [0.4, 0.5) is 4.39 Å². The number of nitrogens with zero attached hydrogens (tertiary/aromatic N) is 2. The second-order valence-corrected chi connectivity index (χ2v) is 7.22. The van der Waals surface area contributed by atoms with E-state index in [1.54, 1.807) is 0 Å². The lowest BCUT2D eigenvalue weighted by Crippen LogP contribution is -2.45. The van der Waals surface area contributed by atoms with Crippen molar-refractivity contribution in [2.24, 2.45) is 17.8 Å². The van der Waals surface area contributed by atoms with E-state index in [1.165, 1.54) is 19.5 Å². The number of piperidine rings is 1. The molecule has 2 rings (SSSR count). The predicted molar refractivity (Wildman–Crippen MR) is 79.1 cm³/mol. The van der Waals surface area contributed by atoms with Crippen molar-refractivity contribution >= 4 is 0 Å². The summed E-state index contributed by atoms with van der Waals surface area (Å²) in [4.78, 5) is 4.93. The molecule has 3 unspecified atom stereocenters. The maximum Gasteiger partial charge on any atom is 0.116 e. The topological polar surface area (TPSA) is 6.48 Å². The summed E-state index contributed by atoms with van der Waals surface area (Å²) in [7, 11) is 0. The highest BCUT2D eigenvalue weighted by atomic mass is 19.1. The first-order valence-corrected chi connectivity index (χ1v) is 8.07. The van der Waals surface area contributed by atoms with Crippen molar-refractivity contribution in [1.29, 1.82) is 0 Å². The minimum absolute atomic E-state index is 0.284. The van der Waals surface area contributed by atoms with Gasteiger partial charge in [-0.1, -0.05) is 13.8 Å². The van der Waals surface area contributed by atoms with E-state index in [0.717, 1.165) is 25.4 Å². The standard InChI is InChI=1S/C16H31FN2/c1-12(2)15-6-7-18(11-16(15)17)9-14-5-8-19(10-14)13(3)4/h12-16H,5-11H2,1-4H3. The van der Waals surface area contributed by atoms with Crippen molar-refractivity contribution in [3.05, 3.63) is 0 Å². The predicted octanol–water partition coefficient (Wildman–Crippen LogP) is 3.03. The molecule has 0 radical (unpaired) electrons. The Morgan fingerprint density at radius 2 is 1.79 bits per heavy atom. The fourth-order valence-electron chi connectivity index (χ4n) is 3.75. The molecule has 0 spiro atoms. The Morgan fingerprint density at radius 1 is 1.05 bits per heavy atom. The van der Waals surface area contributed by atoms with Gasteiger partial charge in [-0.05, 0) is 57.5 Å². The Hall–Kier alpha value is -0.150. The molecule has 3 atom stereocenters. The van der Waals surface area contributed by atoms with Gasteiger partial charge in [-0.2, -0.15) is 0 Å². The molecule has 0 aromatic rings. The van der Waals surface area contributed by atoms with E-state index in [2.05, 4.69) is 37.5 Å². The molecule has 2 saturated heterocycles. The molecule has 0 amide bonds. The lowest BCUT2D eigenvalue weighted by molar-refractivity contribution is 0.0530. The molecule has 2 aliphatic rings. The Labute approximate surface area is 118 Å². The number of alkyl halides is 1. The summed E-state index contributed by atoms with van der Waals surface area (Å²) in [5.74, 6) is 1.53. The third-order valence-electron chi connectivity index (χ3n) is 5.10. The molecule has 0 aliphatic carbocycles. The van der Waals surface area contributed by atoms with Crippen molar-refractivity contribution in [3.63, 3.8) is 0 Å². The van der Waals surface area contributed by atoms with E-state index in [4.69, 9.17) is 0 Å². The third-order valence-corrected chi connectivity index (χ3v) is 5.10. The van der Waals surface area contributed by atoms with Gasteiger partial charge in [-0.15, -0.1) is 0 Å². The van der Waals surface area contributed by atoms with Crippen LogP contribution >= 0.6 is 0 Å². The Bertz CT molecular complexity index is 280. The second kappa shape index (κ2) is 6.53. The van der Waals surface area contributed by atoms with Crippen LogP contribution < -0.4 is 0 Å². The first kappa shape index (κ1) is 15.2. The van der Waals surface area contributed by atoms with Crippen molar-refractivity contribution < 1.29 is 4.39 Å². The highest BCUT2D eigenvalue weighted by Crippen LogP contribution is 2.28. The summed E-state index contributed by atoms with van der Waals surface area (Å²) < 4.78 is 14.2. The van der Waals surface area contributed by atoms with Gasteiger partial charge < -0.3 is 9.80 Å². The van der Waals surface area contributed by atoms with E-state index in [0.29, 0.717) is 18.5 Å². The average molecular weight is 270 g/mol. The number of likely N-dealkylation sites (tertiary alicyclic amines) is 2. The minimum Gasteiger partial charge on any atom is -0.301 e. The molecule has 0 saturated carbocycles. The summed E-state index contributed by atoms with van der Waals surface area (Å²) in [6.07, 6.45) is 1.72. The summed E-state index contributed by atoms with van der Waals surface area (Å²) in [5, 5.41) is 0. The lowest BCUT2D eigenvalue weighted by atomic mass is 9.85. The zero-order chi connectivity index (χ0) is 14.0. The van der Waals surface area contributed by atoms with Crippen LogP contribution in [0.25, 0.3) is 0 Å². The van der Waals surface area contributed by atoms with Crippen LogP contribution in [-0.2, 0) is 0 Å². The summed E-state index contributed by atoms with van der Waals surface area (Å²) >= 11 is 0. The van der Waals surface area contributed by atoms with Gasteiger partial charge in [-0.3, -0.25) is 0 Å². The SMILES string of the molecule is CC(C)C1CCN(CC2CCN(C(C)C)C2)CC1F. The molecule has 19 heavy (non-hydrogen) atoms. The van der Waals surface area contributed by atoms with Gasteiger partial charge in [0.1, 0.15) is 6.17 Å². The molecule has 2 aliphatic heterocycles. The molecule has 2 heterocycles. The summed E-state index contributed by atoms with van der Waals surface area (Å²) in [6, 6.07) is 0.658. The van der Waals surface area contributed by atoms with Crippen LogP contribution in [0.3, 0.4) is 0 Å². The number of halogens is 1. The van der Waals surface area contributed by atoms with Gasteiger partial charge in [0.25, 0.3) is 0 Å². The minimum atomic E-state index is -0.614. The largest absolute Gasteiger partial charge is 0.301 e. The molecule has 0 bridgehead atoms. The molecule has 112 valence electrons. The van der Waals surface area contributed by atoms with Gasteiger partial charge in [0.15, 0.2) is 0 Å². The van der Waals surface area contributed by atoms with Crippen LogP contribution in [0.2, 0.25) is 0 Å². The van der Waals surface area contributed by atoms with Crippen molar-refractivity contribution in [1.82, 2.24) is 9.80 Å². The van der Waals surface area contributed by atoms with Crippen molar-refractivity contribution in [3.8, 4) is 0 Å². The monoisotopic (exact) mass is 270 g/mol. The van der Waals surface area contributed by atoms with Gasteiger partial charge in [0.2, 0.25) is 0 Å². The maximum atomic E-state index is 14.2. The zero-order valence-electron chi connectivity index (χ0n) is 13.1. The fourth-order valence-corrected chi connectivity index (χ4v) is 3.75. The zero-order valence-corrected chi connectivity index (χ0v) is 13.1. The van der Waals surface area contributed by atoms with Gasteiger partial charge >= 0.3 is 0 Å². The van der Waals surface area contributed by atoms with Crippen molar-refractivity contribution in [2.75, 3.05) is 32.7 Å². The first-order chi connectivity index (χ1) is 8.97. The van der Waals surface area contributed by atoms with Crippen LogP contribution in [0.15, 0.2) is 0 Å². The Morgan fingerprint density at radius 3 is 2.32 bits per heavy atom. The molecular weight excluding hydrogens is 239 g/mol. The molecule has 0 aromatic heterocycles. The lowest BCUT2D eigenvalue weighted by Gasteiger charge is -2.37. The number of rotatable bonds is 4. The second-order valence-electron chi connectivity index (χ2n) is 7.22. The van der Waals surface area contributed by atoms with Crippen molar-refractivity contribution in [2.45, 2.75) is 52.8 Å². The first-order valence-electron chi connectivity index (χ1n) is 8.07. The number of hydrogen-bond donors (Lipinski definition) is 0. The highest BCUT2D eigenvalue weighted by Gasteiger charge is 2.33. The van der Waals surface area contributed by atoms with E-state index in [-0.39, 0.29) is 5.92 Å². The highest BCUT2D eigenvalue weighted by molar-refractivity contribution is 4.85. The molecular formula is C16H31FN2. The van der Waals surface area contributed by atoms with Crippen LogP contribution in [0.5, 0.6) is 0 Å². The number of hydrogen-bond acceptors (Lipinski definition) is 2. The van der Waals surface area contributed by atoms with Gasteiger partial charge in [0, 0.05) is 25.7 Å². The van der Waals surface area contributed by atoms with Crippen LogP contribution in [-0.4, -0.2) is 54.7 Å². The smallest absolute Gasteiger partial charge is 0.116 e. The van der Waals surface area contributed by atoms with E-state index < -0.39 is 6.17 Å².